The first-order valence-corrected chi connectivity index (χ1v) is 14.5. The SMILES string of the molecule is Cc1nnc(N2N=C(c3cc(Cl)cc(Cl)c3)SC2(c2ccccc2)C(CCN)c2cc(Cl)cc(Cl)c2)s1. The first kappa shape index (κ1) is 26.8. The predicted octanol–water partition coefficient (Wildman–Crippen LogP) is 8.36. The second-order valence-electron chi connectivity index (χ2n) is 8.48. The van der Waals surface area contributed by atoms with Gasteiger partial charge in [-0.3, -0.25) is 0 Å². The molecule has 37 heavy (non-hydrogen) atoms. The average molecular weight is 609 g/mol. The molecule has 1 aliphatic heterocycles. The zero-order chi connectivity index (χ0) is 26.2. The van der Waals surface area contributed by atoms with Crippen molar-refractivity contribution in [2.75, 3.05) is 11.6 Å². The molecule has 3 aromatic carbocycles. The number of nitrogens with two attached hydrogens (primary N) is 1. The molecule has 2 atom stereocenters. The highest BCUT2D eigenvalue weighted by Gasteiger charge is 2.53. The second kappa shape index (κ2) is 11.1. The number of hydrazone groups is 1. The number of halogens is 4. The molecule has 190 valence electrons. The van der Waals surface area contributed by atoms with E-state index in [1.54, 1.807) is 23.9 Å². The third kappa shape index (κ3) is 5.36. The van der Waals surface area contributed by atoms with Crippen molar-refractivity contribution >= 4 is 79.7 Å². The fraction of sp³-hybridized carbons (Fsp3) is 0.192. The number of nitrogens with zero attached hydrogens (tertiary/aromatic N) is 4. The van der Waals surface area contributed by atoms with Crippen molar-refractivity contribution in [3.8, 4) is 0 Å². The number of thioether (sulfide) groups is 1. The topological polar surface area (TPSA) is 67.4 Å². The number of benzene rings is 3. The van der Waals surface area contributed by atoms with Crippen LogP contribution in [0, 0.1) is 6.92 Å². The van der Waals surface area contributed by atoms with Crippen molar-refractivity contribution in [2.24, 2.45) is 10.8 Å². The Labute approximate surface area is 243 Å². The number of aromatic nitrogens is 2. The monoisotopic (exact) mass is 607 g/mol. The van der Waals surface area contributed by atoms with Gasteiger partial charge in [0.25, 0.3) is 0 Å². The lowest BCUT2D eigenvalue weighted by Gasteiger charge is -2.42. The van der Waals surface area contributed by atoms with Gasteiger partial charge < -0.3 is 5.73 Å². The standard InChI is InChI=1S/C26H21Cl4N5S2/c1-15-32-33-25(36-15)35-26(18-5-3-2-4-6-18,23(7-8-31)16-9-19(27)13-20(28)10-16)37-24(34-35)17-11-21(29)14-22(30)12-17/h2-6,9-14,23H,7-8,31H2,1H3. The lowest BCUT2D eigenvalue weighted by molar-refractivity contribution is 0.451. The molecule has 0 radical (unpaired) electrons. The molecule has 0 saturated carbocycles. The van der Waals surface area contributed by atoms with Crippen LogP contribution in [0.5, 0.6) is 0 Å². The highest BCUT2D eigenvalue weighted by molar-refractivity contribution is 8.15. The van der Waals surface area contributed by atoms with E-state index < -0.39 is 4.87 Å². The Balaban J connectivity index is 1.79. The summed E-state index contributed by atoms with van der Waals surface area (Å²) in [5.74, 6) is -0.179. The molecule has 0 spiro atoms. The maximum Gasteiger partial charge on any atom is 0.230 e. The van der Waals surface area contributed by atoms with E-state index in [9.17, 15) is 0 Å². The highest BCUT2D eigenvalue weighted by atomic mass is 35.5. The summed E-state index contributed by atoms with van der Waals surface area (Å²) >= 11 is 28.8. The van der Waals surface area contributed by atoms with Crippen LogP contribution in [0.1, 0.15) is 34.0 Å². The fourth-order valence-corrected chi connectivity index (χ4v) is 7.88. The summed E-state index contributed by atoms with van der Waals surface area (Å²) in [6.07, 6.45) is 0.631. The third-order valence-electron chi connectivity index (χ3n) is 5.97. The highest BCUT2D eigenvalue weighted by Crippen LogP contribution is 2.58. The quantitative estimate of drug-likeness (QED) is 0.228. The van der Waals surface area contributed by atoms with E-state index in [4.69, 9.17) is 57.2 Å². The van der Waals surface area contributed by atoms with E-state index in [1.807, 2.05) is 54.4 Å². The lowest BCUT2D eigenvalue weighted by atomic mass is 9.83. The molecule has 0 saturated heterocycles. The molecule has 2 heterocycles. The summed E-state index contributed by atoms with van der Waals surface area (Å²) in [4.78, 5) is -0.787. The number of anilines is 1. The largest absolute Gasteiger partial charge is 0.330 e. The van der Waals surface area contributed by atoms with E-state index in [-0.39, 0.29) is 5.92 Å². The average Bonchev–Trinajstić information content (AvgIpc) is 3.46. The summed E-state index contributed by atoms with van der Waals surface area (Å²) in [6.45, 7) is 2.36. The zero-order valence-electron chi connectivity index (χ0n) is 19.5. The van der Waals surface area contributed by atoms with E-state index in [0.29, 0.717) is 38.2 Å². The van der Waals surface area contributed by atoms with Crippen LogP contribution in [0.25, 0.3) is 0 Å². The third-order valence-corrected chi connectivity index (χ3v) is 9.17. The Kier molecular flexibility index (Phi) is 8.03. The molecule has 4 aromatic rings. The van der Waals surface area contributed by atoms with Crippen LogP contribution < -0.4 is 10.7 Å². The Hall–Kier alpha value is -1.84. The summed E-state index contributed by atoms with van der Waals surface area (Å²) < 4.78 is 0. The lowest BCUT2D eigenvalue weighted by Crippen LogP contribution is -2.44. The van der Waals surface area contributed by atoms with Crippen molar-refractivity contribution in [2.45, 2.75) is 24.1 Å². The van der Waals surface area contributed by atoms with Crippen LogP contribution in [-0.2, 0) is 4.87 Å². The van der Waals surface area contributed by atoms with Crippen molar-refractivity contribution < 1.29 is 0 Å². The van der Waals surface area contributed by atoms with Gasteiger partial charge in [0.1, 0.15) is 14.9 Å². The number of aryl methyl sites for hydroxylation is 1. The molecule has 1 aliphatic rings. The molecule has 2 N–H and O–H groups in total. The molecule has 2 unspecified atom stereocenters. The molecule has 5 nitrogen and oxygen atoms in total. The Morgan fingerprint density at radius 2 is 1.51 bits per heavy atom. The van der Waals surface area contributed by atoms with Crippen molar-refractivity contribution in [3.05, 3.63) is 109 Å². The zero-order valence-corrected chi connectivity index (χ0v) is 24.2. The van der Waals surface area contributed by atoms with Gasteiger partial charge in [-0.25, -0.2) is 5.01 Å². The molecule has 0 aliphatic carbocycles. The van der Waals surface area contributed by atoms with Crippen LogP contribution in [0.4, 0.5) is 5.13 Å². The van der Waals surface area contributed by atoms with Gasteiger partial charge in [-0.1, -0.05) is 99.8 Å². The van der Waals surface area contributed by atoms with Gasteiger partial charge in [0.05, 0.1) is 0 Å². The van der Waals surface area contributed by atoms with Crippen molar-refractivity contribution in [1.82, 2.24) is 10.2 Å². The number of hydrogen-bond donors (Lipinski definition) is 1. The first-order valence-electron chi connectivity index (χ1n) is 11.4. The molecular weight excluding hydrogens is 588 g/mol. The van der Waals surface area contributed by atoms with Crippen molar-refractivity contribution in [1.29, 1.82) is 0 Å². The van der Waals surface area contributed by atoms with E-state index in [1.165, 1.54) is 11.3 Å². The van der Waals surface area contributed by atoms with Crippen molar-refractivity contribution in [3.63, 3.8) is 0 Å². The van der Waals surface area contributed by atoms with E-state index in [2.05, 4.69) is 22.3 Å². The summed E-state index contributed by atoms with van der Waals surface area (Å²) in [6, 6.07) is 21.2. The first-order chi connectivity index (χ1) is 17.8. The number of hydrogen-bond acceptors (Lipinski definition) is 7. The fourth-order valence-electron chi connectivity index (χ4n) is 4.54. The van der Waals surface area contributed by atoms with Gasteiger partial charge in [0.15, 0.2) is 0 Å². The van der Waals surface area contributed by atoms with Gasteiger partial charge in [-0.15, -0.1) is 10.2 Å². The van der Waals surface area contributed by atoms with Gasteiger partial charge in [0, 0.05) is 31.6 Å². The molecular formula is C26H21Cl4N5S2. The number of rotatable bonds is 7. The van der Waals surface area contributed by atoms with Crippen LogP contribution in [-0.4, -0.2) is 21.8 Å². The van der Waals surface area contributed by atoms with Crippen LogP contribution in [0.3, 0.4) is 0 Å². The molecule has 0 amide bonds. The Morgan fingerprint density at radius 1 is 0.892 bits per heavy atom. The summed E-state index contributed by atoms with van der Waals surface area (Å²) in [5, 5.41) is 20.3. The minimum atomic E-state index is -0.787. The Morgan fingerprint density at radius 3 is 2.08 bits per heavy atom. The van der Waals surface area contributed by atoms with Crippen LogP contribution in [0.15, 0.2) is 71.8 Å². The maximum absolute atomic E-state index is 6.49. The molecule has 0 fully saturated rings. The van der Waals surface area contributed by atoms with Crippen LogP contribution in [0.2, 0.25) is 20.1 Å². The molecule has 0 bridgehead atoms. The normalized spacial score (nSPS) is 18.2. The molecule has 5 rings (SSSR count). The molecule has 11 heteroatoms. The Bertz CT molecular complexity index is 1420. The van der Waals surface area contributed by atoms with Crippen LogP contribution >= 0.6 is 69.5 Å². The van der Waals surface area contributed by atoms with Gasteiger partial charge in [-0.05, 0) is 67.4 Å². The predicted molar refractivity (Wildman–Crippen MR) is 159 cm³/mol. The second-order valence-corrected chi connectivity index (χ2v) is 12.6. The minimum absolute atomic E-state index is 0.179. The summed E-state index contributed by atoms with van der Waals surface area (Å²) in [7, 11) is 0. The van der Waals surface area contributed by atoms with E-state index >= 15 is 0 Å². The van der Waals surface area contributed by atoms with Gasteiger partial charge in [0.2, 0.25) is 5.13 Å². The van der Waals surface area contributed by atoms with E-state index in [0.717, 1.165) is 26.7 Å². The molecule has 1 aromatic heterocycles. The van der Waals surface area contributed by atoms with Gasteiger partial charge in [-0.2, -0.15) is 5.10 Å². The smallest absolute Gasteiger partial charge is 0.230 e. The maximum atomic E-state index is 6.49. The van der Waals surface area contributed by atoms with Gasteiger partial charge >= 0.3 is 0 Å². The summed E-state index contributed by atoms with van der Waals surface area (Å²) in [5.41, 5.74) is 9.01. The minimum Gasteiger partial charge on any atom is -0.330 e.